The van der Waals surface area contributed by atoms with Crippen LogP contribution in [0.15, 0.2) is 53.3 Å². The molecule has 2 aromatic carbocycles. The number of rotatable bonds is 3. The second kappa shape index (κ2) is 7.56. The molecule has 0 spiro atoms. The van der Waals surface area contributed by atoms with E-state index in [-0.39, 0.29) is 16.9 Å². The minimum atomic E-state index is -4.59. The number of nitrogens with zero attached hydrogens (tertiary/aromatic N) is 5. The van der Waals surface area contributed by atoms with E-state index in [1.54, 1.807) is 48.5 Å². The Bertz CT molecular complexity index is 1400. The van der Waals surface area contributed by atoms with Gasteiger partial charge in [-0.15, -0.1) is 0 Å². The van der Waals surface area contributed by atoms with Gasteiger partial charge in [0, 0.05) is 5.56 Å². The summed E-state index contributed by atoms with van der Waals surface area (Å²) in [4.78, 5) is 17.2. The third kappa shape index (κ3) is 3.78. The Morgan fingerprint density at radius 3 is 2.39 bits per heavy atom. The van der Waals surface area contributed by atoms with Gasteiger partial charge in [-0.2, -0.15) is 23.5 Å². The summed E-state index contributed by atoms with van der Waals surface area (Å²) in [5.74, 6) is -0.0940. The minimum Gasteiger partial charge on any atom is -0.286 e. The maximum absolute atomic E-state index is 13.0. The van der Waals surface area contributed by atoms with E-state index >= 15 is 0 Å². The molecule has 2 aromatic heterocycles. The quantitative estimate of drug-likeness (QED) is 0.462. The number of para-hydroxylation sites is 1. The molecule has 0 aliphatic rings. The van der Waals surface area contributed by atoms with E-state index in [1.807, 2.05) is 6.07 Å². The molecule has 6 nitrogen and oxygen atoms in total. The molecular weight excluding hydrogens is 431 g/mol. The molecule has 0 unspecified atom stereocenters. The lowest BCUT2D eigenvalue weighted by molar-refractivity contribution is -0.141. The van der Waals surface area contributed by atoms with Crippen LogP contribution >= 0.6 is 11.6 Å². The van der Waals surface area contributed by atoms with E-state index in [4.69, 9.17) is 16.9 Å². The Labute approximate surface area is 178 Å². The van der Waals surface area contributed by atoms with E-state index in [0.717, 1.165) is 0 Å². The third-order valence-electron chi connectivity index (χ3n) is 4.68. The monoisotopic (exact) mass is 443 g/mol. The normalized spacial score (nSPS) is 11.6. The van der Waals surface area contributed by atoms with E-state index < -0.39 is 18.3 Å². The van der Waals surface area contributed by atoms with Gasteiger partial charge in [0.2, 0.25) is 0 Å². The fourth-order valence-corrected chi connectivity index (χ4v) is 3.50. The SMILES string of the molecule is Cc1nc2c(-c3ccc(C#N)cc3)n(-c3ccccc3Cl)nc2c(=O)n1CC(F)(F)F. The second-order valence-corrected chi connectivity index (χ2v) is 7.17. The van der Waals surface area contributed by atoms with Gasteiger partial charge in [-0.25, -0.2) is 9.67 Å². The summed E-state index contributed by atoms with van der Waals surface area (Å²) in [5, 5.41) is 13.7. The van der Waals surface area contributed by atoms with Crippen LogP contribution in [0, 0.1) is 18.3 Å². The molecule has 0 fully saturated rings. The molecule has 0 aliphatic carbocycles. The second-order valence-electron chi connectivity index (χ2n) is 6.76. The first kappa shape index (κ1) is 20.6. The molecule has 4 rings (SSSR count). The van der Waals surface area contributed by atoms with Gasteiger partial charge in [-0.05, 0) is 31.2 Å². The molecule has 0 atom stereocenters. The van der Waals surface area contributed by atoms with Crippen LogP contribution in [0.25, 0.3) is 28.0 Å². The van der Waals surface area contributed by atoms with Crippen LogP contribution in [0.2, 0.25) is 5.02 Å². The minimum absolute atomic E-state index is 0.0940. The number of hydrogen-bond acceptors (Lipinski definition) is 4. The highest BCUT2D eigenvalue weighted by Crippen LogP contribution is 2.32. The number of aryl methyl sites for hydroxylation is 1. The van der Waals surface area contributed by atoms with Crippen LogP contribution in [0.4, 0.5) is 13.2 Å². The van der Waals surface area contributed by atoms with Gasteiger partial charge < -0.3 is 0 Å². The Morgan fingerprint density at radius 1 is 1.10 bits per heavy atom. The molecule has 0 bridgehead atoms. The molecule has 10 heteroatoms. The molecule has 0 saturated heterocycles. The number of nitriles is 1. The zero-order valence-corrected chi connectivity index (χ0v) is 16.7. The molecule has 2 heterocycles. The van der Waals surface area contributed by atoms with Crippen molar-refractivity contribution < 1.29 is 13.2 Å². The van der Waals surface area contributed by atoms with Crippen molar-refractivity contribution >= 4 is 22.6 Å². The van der Waals surface area contributed by atoms with E-state index in [2.05, 4.69) is 10.1 Å². The average molecular weight is 444 g/mol. The van der Waals surface area contributed by atoms with E-state index in [1.165, 1.54) is 11.6 Å². The van der Waals surface area contributed by atoms with Crippen LogP contribution in [-0.2, 0) is 6.54 Å². The van der Waals surface area contributed by atoms with Crippen molar-refractivity contribution in [2.75, 3.05) is 0 Å². The van der Waals surface area contributed by atoms with Crippen LogP contribution in [-0.4, -0.2) is 25.5 Å². The van der Waals surface area contributed by atoms with E-state index in [0.29, 0.717) is 32.1 Å². The largest absolute Gasteiger partial charge is 0.406 e. The smallest absolute Gasteiger partial charge is 0.286 e. The molecule has 4 aromatic rings. The van der Waals surface area contributed by atoms with Gasteiger partial charge in [0.15, 0.2) is 5.52 Å². The van der Waals surface area contributed by atoms with Crippen molar-refractivity contribution in [1.82, 2.24) is 19.3 Å². The first-order chi connectivity index (χ1) is 14.7. The highest BCUT2D eigenvalue weighted by Gasteiger charge is 2.31. The summed E-state index contributed by atoms with van der Waals surface area (Å²) in [5.41, 5.74) is 0.836. The predicted octanol–water partition coefficient (Wildman–Crippen LogP) is 4.65. The summed E-state index contributed by atoms with van der Waals surface area (Å²) in [6.07, 6.45) is -4.59. The molecule has 0 amide bonds. The molecule has 0 aliphatic heterocycles. The zero-order chi connectivity index (χ0) is 22.3. The lowest BCUT2D eigenvalue weighted by atomic mass is 10.1. The van der Waals surface area contributed by atoms with Crippen molar-refractivity contribution in [3.63, 3.8) is 0 Å². The lowest BCUT2D eigenvalue weighted by Gasteiger charge is -2.12. The van der Waals surface area contributed by atoms with Crippen LogP contribution in [0.5, 0.6) is 0 Å². The van der Waals surface area contributed by atoms with Crippen LogP contribution in [0.3, 0.4) is 0 Å². The fraction of sp³-hybridized carbons (Fsp3) is 0.143. The number of hydrogen-bond donors (Lipinski definition) is 0. The van der Waals surface area contributed by atoms with Gasteiger partial charge in [-0.1, -0.05) is 35.9 Å². The highest BCUT2D eigenvalue weighted by atomic mass is 35.5. The maximum Gasteiger partial charge on any atom is 0.406 e. The summed E-state index contributed by atoms with van der Waals surface area (Å²) >= 11 is 6.33. The summed E-state index contributed by atoms with van der Waals surface area (Å²) in [6.45, 7) is -0.131. The average Bonchev–Trinajstić information content (AvgIpc) is 3.10. The first-order valence-electron chi connectivity index (χ1n) is 9.02. The van der Waals surface area contributed by atoms with Crippen molar-refractivity contribution in [2.24, 2.45) is 0 Å². The maximum atomic E-state index is 13.0. The highest BCUT2D eigenvalue weighted by molar-refractivity contribution is 6.32. The van der Waals surface area contributed by atoms with Gasteiger partial charge in [-0.3, -0.25) is 9.36 Å². The van der Waals surface area contributed by atoms with Crippen molar-refractivity contribution in [2.45, 2.75) is 19.6 Å². The van der Waals surface area contributed by atoms with Gasteiger partial charge >= 0.3 is 6.18 Å². The first-order valence-corrected chi connectivity index (χ1v) is 9.40. The predicted molar refractivity (Wildman–Crippen MR) is 109 cm³/mol. The number of fused-ring (bicyclic) bond motifs is 1. The Hall–Kier alpha value is -3.64. The molecule has 0 radical (unpaired) electrons. The van der Waals surface area contributed by atoms with Crippen molar-refractivity contribution in [1.29, 1.82) is 5.26 Å². The number of benzene rings is 2. The number of aromatic nitrogens is 4. The summed E-state index contributed by atoms with van der Waals surface area (Å²) in [7, 11) is 0. The van der Waals surface area contributed by atoms with Crippen molar-refractivity contribution in [3.05, 3.63) is 75.3 Å². The van der Waals surface area contributed by atoms with E-state index in [9.17, 15) is 18.0 Å². The third-order valence-corrected chi connectivity index (χ3v) is 5.00. The zero-order valence-electron chi connectivity index (χ0n) is 16.0. The number of halogens is 4. The summed E-state index contributed by atoms with van der Waals surface area (Å²) < 4.78 is 40.9. The van der Waals surface area contributed by atoms with Crippen molar-refractivity contribution in [3.8, 4) is 23.0 Å². The fourth-order valence-electron chi connectivity index (χ4n) is 3.28. The Kier molecular flexibility index (Phi) is 5.03. The molecular formula is C21H13ClF3N5O. The molecule has 156 valence electrons. The van der Waals surface area contributed by atoms with Crippen LogP contribution in [0.1, 0.15) is 11.4 Å². The Balaban J connectivity index is 2.08. The standard InChI is InChI=1S/C21H13ClF3N5O/c1-12-27-17-18(20(31)29(12)11-21(23,24)25)28-30(16-5-3-2-4-15(16)22)19(17)14-8-6-13(10-26)7-9-14/h2-9H,11H2,1H3. The molecule has 31 heavy (non-hydrogen) atoms. The van der Waals surface area contributed by atoms with Crippen LogP contribution < -0.4 is 5.56 Å². The lowest BCUT2D eigenvalue weighted by Crippen LogP contribution is -2.30. The number of alkyl halides is 3. The van der Waals surface area contributed by atoms with Gasteiger partial charge in [0.1, 0.15) is 23.6 Å². The van der Waals surface area contributed by atoms with Gasteiger partial charge in [0.25, 0.3) is 5.56 Å². The molecule has 0 saturated carbocycles. The van der Waals surface area contributed by atoms with Gasteiger partial charge in [0.05, 0.1) is 22.3 Å². The molecule has 0 N–H and O–H groups in total. The Morgan fingerprint density at radius 2 is 1.77 bits per heavy atom. The topological polar surface area (TPSA) is 76.5 Å². The summed E-state index contributed by atoms with van der Waals surface area (Å²) in [6, 6.07) is 15.2.